The number of anilines is 1. The van der Waals surface area contributed by atoms with Crippen LogP contribution in [0, 0.1) is 20.2 Å². The molecule has 8 nitrogen and oxygen atoms in total. The molecule has 2 aromatic carbocycles. The monoisotopic (exact) mass is 286 g/mol. The van der Waals surface area contributed by atoms with E-state index >= 15 is 0 Å². The lowest BCUT2D eigenvalue weighted by molar-refractivity contribution is -0.385. The number of nitrogens with two attached hydrogens (primary N) is 1. The molecule has 0 aromatic heterocycles. The zero-order valence-electron chi connectivity index (χ0n) is 10.7. The lowest BCUT2D eigenvalue weighted by Crippen LogP contribution is -1.94. The highest BCUT2D eigenvalue weighted by Gasteiger charge is 2.11. The molecule has 0 amide bonds. The van der Waals surface area contributed by atoms with E-state index in [1.165, 1.54) is 42.6 Å². The molecule has 0 spiro atoms. The lowest BCUT2D eigenvalue weighted by atomic mass is 10.2. The van der Waals surface area contributed by atoms with Gasteiger partial charge in [0.2, 0.25) is 0 Å². The van der Waals surface area contributed by atoms with Crippen LogP contribution in [-0.2, 0) is 0 Å². The normalized spacial score (nSPS) is 10.7. The number of nitrogens with zero attached hydrogens (tertiary/aromatic N) is 3. The van der Waals surface area contributed by atoms with Gasteiger partial charge in [0.05, 0.1) is 26.8 Å². The van der Waals surface area contributed by atoms with Crippen LogP contribution in [0.5, 0.6) is 0 Å². The molecular weight excluding hydrogens is 276 g/mol. The SMILES string of the molecule is Nc1ccc([N+](=O)[O-])cc1N=Cc1ccccc1[N+](=O)[O-]. The number of rotatable bonds is 4. The van der Waals surface area contributed by atoms with Gasteiger partial charge < -0.3 is 5.73 Å². The Kier molecular flexibility index (Phi) is 3.89. The van der Waals surface area contributed by atoms with Gasteiger partial charge in [0.1, 0.15) is 0 Å². The Morgan fingerprint density at radius 1 is 1.05 bits per heavy atom. The first-order valence-corrected chi connectivity index (χ1v) is 5.80. The van der Waals surface area contributed by atoms with Crippen molar-refractivity contribution in [2.75, 3.05) is 5.73 Å². The molecule has 106 valence electrons. The van der Waals surface area contributed by atoms with Crippen molar-refractivity contribution in [2.24, 2.45) is 4.99 Å². The molecule has 2 aromatic rings. The van der Waals surface area contributed by atoms with Gasteiger partial charge in [-0.2, -0.15) is 0 Å². The van der Waals surface area contributed by atoms with E-state index in [4.69, 9.17) is 5.73 Å². The van der Waals surface area contributed by atoms with E-state index in [1.54, 1.807) is 6.07 Å². The van der Waals surface area contributed by atoms with E-state index in [9.17, 15) is 20.2 Å². The Labute approximate surface area is 118 Å². The summed E-state index contributed by atoms with van der Waals surface area (Å²) in [5.74, 6) is 0. The molecule has 2 N–H and O–H groups in total. The van der Waals surface area contributed by atoms with Crippen molar-refractivity contribution in [3.8, 4) is 0 Å². The highest BCUT2D eigenvalue weighted by molar-refractivity contribution is 5.88. The van der Waals surface area contributed by atoms with E-state index in [-0.39, 0.29) is 28.3 Å². The van der Waals surface area contributed by atoms with Crippen LogP contribution in [-0.4, -0.2) is 16.1 Å². The van der Waals surface area contributed by atoms with Crippen molar-refractivity contribution in [2.45, 2.75) is 0 Å². The molecular formula is C13H10N4O4. The number of nitrogen functional groups attached to an aromatic ring is 1. The second kappa shape index (κ2) is 5.78. The maximum atomic E-state index is 10.9. The van der Waals surface area contributed by atoms with Crippen LogP contribution in [0.1, 0.15) is 5.56 Å². The van der Waals surface area contributed by atoms with Gasteiger partial charge in [-0.25, -0.2) is 0 Å². The van der Waals surface area contributed by atoms with Gasteiger partial charge in [0.15, 0.2) is 0 Å². The largest absolute Gasteiger partial charge is 0.397 e. The molecule has 0 aliphatic heterocycles. The first-order valence-electron chi connectivity index (χ1n) is 5.80. The molecule has 0 bridgehead atoms. The molecule has 0 saturated heterocycles. The van der Waals surface area contributed by atoms with Gasteiger partial charge in [-0.3, -0.25) is 25.2 Å². The predicted octanol–water partition coefficient (Wildman–Crippen LogP) is 2.84. The van der Waals surface area contributed by atoms with Gasteiger partial charge >= 0.3 is 0 Å². The zero-order chi connectivity index (χ0) is 15.4. The lowest BCUT2D eigenvalue weighted by Gasteiger charge is -2.00. The molecule has 0 aliphatic carbocycles. The smallest absolute Gasteiger partial charge is 0.278 e. The number of nitro groups is 2. The summed E-state index contributed by atoms with van der Waals surface area (Å²) < 4.78 is 0. The Morgan fingerprint density at radius 2 is 1.76 bits per heavy atom. The third kappa shape index (κ3) is 3.18. The van der Waals surface area contributed by atoms with Crippen molar-refractivity contribution in [3.63, 3.8) is 0 Å². The van der Waals surface area contributed by atoms with Crippen molar-refractivity contribution in [1.29, 1.82) is 0 Å². The second-order valence-electron chi connectivity index (χ2n) is 4.07. The summed E-state index contributed by atoms with van der Waals surface area (Å²) >= 11 is 0. The quantitative estimate of drug-likeness (QED) is 0.400. The number of hydrogen-bond acceptors (Lipinski definition) is 6. The average Bonchev–Trinajstić information content (AvgIpc) is 2.46. The van der Waals surface area contributed by atoms with Crippen LogP contribution in [0.15, 0.2) is 47.5 Å². The Hall–Kier alpha value is -3.29. The van der Waals surface area contributed by atoms with E-state index < -0.39 is 9.85 Å². The first-order chi connectivity index (χ1) is 9.99. The van der Waals surface area contributed by atoms with Crippen LogP contribution in [0.4, 0.5) is 22.7 Å². The van der Waals surface area contributed by atoms with Crippen molar-refractivity contribution in [3.05, 3.63) is 68.3 Å². The zero-order valence-corrected chi connectivity index (χ0v) is 10.7. The highest BCUT2D eigenvalue weighted by atomic mass is 16.6. The fourth-order valence-corrected chi connectivity index (χ4v) is 1.66. The number of non-ortho nitro benzene ring substituents is 1. The molecule has 0 unspecified atom stereocenters. The van der Waals surface area contributed by atoms with Crippen LogP contribution >= 0.6 is 0 Å². The van der Waals surface area contributed by atoms with Crippen LogP contribution in [0.3, 0.4) is 0 Å². The minimum Gasteiger partial charge on any atom is -0.397 e. The molecule has 0 atom stereocenters. The van der Waals surface area contributed by atoms with Crippen LogP contribution < -0.4 is 5.73 Å². The number of benzene rings is 2. The molecule has 8 heteroatoms. The minimum absolute atomic E-state index is 0.106. The molecule has 2 rings (SSSR count). The van der Waals surface area contributed by atoms with Crippen molar-refractivity contribution >= 4 is 29.0 Å². The Balaban J connectivity index is 2.40. The summed E-state index contributed by atoms with van der Waals surface area (Å²) in [6.45, 7) is 0. The molecule has 0 radical (unpaired) electrons. The summed E-state index contributed by atoms with van der Waals surface area (Å²) in [5, 5.41) is 21.6. The Bertz CT molecular complexity index is 743. The first kappa shape index (κ1) is 14.1. The van der Waals surface area contributed by atoms with Crippen LogP contribution in [0.25, 0.3) is 0 Å². The molecule has 0 aliphatic rings. The van der Waals surface area contributed by atoms with Gasteiger partial charge in [-0.15, -0.1) is 0 Å². The average molecular weight is 286 g/mol. The summed E-state index contributed by atoms with van der Waals surface area (Å²) in [5.41, 5.74) is 6.14. The molecule has 21 heavy (non-hydrogen) atoms. The van der Waals surface area contributed by atoms with E-state index in [2.05, 4.69) is 4.99 Å². The van der Waals surface area contributed by atoms with Gasteiger partial charge in [-0.1, -0.05) is 12.1 Å². The summed E-state index contributed by atoms with van der Waals surface area (Å²) in [4.78, 5) is 24.5. The fraction of sp³-hybridized carbons (Fsp3) is 0. The van der Waals surface area contributed by atoms with Crippen molar-refractivity contribution in [1.82, 2.24) is 0 Å². The fourth-order valence-electron chi connectivity index (χ4n) is 1.66. The summed E-state index contributed by atoms with van der Waals surface area (Å²) in [6.07, 6.45) is 1.26. The number of para-hydroxylation sites is 1. The highest BCUT2D eigenvalue weighted by Crippen LogP contribution is 2.27. The van der Waals surface area contributed by atoms with Gasteiger partial charge in [0.25, 0.3) is 11.4 Å². The Morgan fingerprint density at radius 3 is 2.43 bits per heavy atom. The minimum atomic E-state index is -0.566. The van der Waals surface area contributed by atoms with Crippen molar-refractivity contribution < 1.29 is 9.85 Å². The summed E-state index contributed by atoms with van der Waals surface area (Å²) in [6, 6.07) is 9.87. The maximum Gasteiger partial charge on any atom is 0.278 e. The molecule has 0 fully saturated rings. The molecule has 0 saturated carbocycles. The number of nitro benzene ring substituents is 2. The maximum absolute atomic E-state index is 10.9. The number of aliphatic imine (C=N–C) groups is 1. The summed E-state index contributed by atoms with van der Waals surface area (Å²) in [7, 11) is 0. The van der Waals surface area contributed by atoms with Gasteiger partial charge in [0, 0.05) is 24.4 Å². The van der Waals surface area contributed by atoms with E-state index in [1.807, 2.05) is 0 Å². The molecule has 0 heterocycles. The third-order valence-electron chi connectivity index (χ3n) is 2.70. The van der Waals surface area contributed by atoms with Crippen LogP contribution in [0.2, 0.25) is 0 Å². The number of hydrogen-bond donors (Lipinski definition) is 1. The standard InChI is InChI=1S/C13H10N4O4/c14-11-6-5-10(16(18)19)7-12(11)15-8-9-3-1-2-4-13(9)17(20)21/h1-8H,14H2. The van der Waals surface area contributed by atoms with E-state index in [0.717, 1.165) is 0 Å². The van der Waals surface area contributed by atoms with Gasteiger partial charge in [-0.05, 0) is 12.1 Å². The van der Waals surface area contributed by atoms with E-state index in [0.29, 0.717) is 0 Å². The topological polar surface area (TPSA) is 125 Å². The third-order valence-corrected chi connectivity index (χ3v) is 2.70. The predicted molar refractivity (Wildman–Crippen MR) is 77.9 cm³/mol. The second-order valence-corrected chi connectivity index (χ2v) is 4.07.